The first-order valence-corrected chi connectivity index (χ1v) is 5.47. The normalized spacial score (nSPS) is 10.3. The van der Waals surface area contributed by atoms with Crippen molar-refractivity contribution in [3.8, 4) is 0 Å². The molecule has 1 amide bonds. The van der Waals surface area contributed by atoms with Gasteiger partial charge in [-0.3, -0.25) is 4.79 Å². The van der Waals surface area contributed by atoms with Crippen LogP contribution in [0.25, 0.3) is 0 Å². The molecule has 0 spiro atoms. The first-order chi connectivity index (χ1) is 6.49. The molecular formula is C10H20N2OS. The Balaban J connectivity index is 4.19. The van der Waals surface area contributed by atoms with Gasteiger partial charge in [-0.25, -0.2) is 0 Å². The van der Waals surface area contributed by atoms with Crippen LogP contribution in [0.4, 0.5) is 0 Å². The second-order valence-electron chi connectivity index (χ2n) is 3.69. The van der Waals surface area contributed by atoms with Gasteiger partial charge in [0.15, 0.2) is 0 Å². The number of hydrogen-bond donors (Lipinski definition) is 1. The second kappa shape index (κ2) is 6.76. The van der Waals surface area contributed by atoms with Gasteiger partial charge in [-0.05, 0) is 20.3 Å². The number of unbranched alkanes of at least 4 members (excludes halogenated alkanes) is 1. The van der Waals surface area contributed by atoms with Gasteiger partial charge in [0.25, 0.3) is 0 Å². The molecule has 0 aliphatic carbocycles. The smallest absolute Gasteiger partial charge is 0.223 e. The Morgan fingerprint density at radius 3 is 2.43 bits per heavy atom. The molecule has 0 aliphatic rings. The van der Waals surface area contributed by atoms with Gasteiger partial charge in [0.1, 0.15) is 0 Å². The fourth-order valence-corrected chi connectivity index (χ4v) is 1.34. The van der Waals surface area contributed by atoms with Crippen LogP contribution in [0.1, 0.15) is 40.0 Å². The summed E-state index contributed by atoms with van der Waals surface area (Å²) in [7, 11) is 0. The lowest BCUT2D eigenvalue weighted by Gasteiger charge is -2.26. The zero-order chi connectivity index (χ0) is 11.1. The minimum absolute atomic E-state index is 0.148. The van der Waals surface area contributed by atoms with Crippen LogP contribution < -0.4 is 5.73 Å². The van der Waals surface area contributed by atoms with Crippen LogP contribution in [0.2, 0.25) is 0 Å². The van der Waals surface area contributed by atoms with Crippen LogP contribution >= 0.6 is 12.2 Å². The van der Waals surface area contributed by atoms with E-state index in [0.717, 1.165) is 12.8 Å². The molecule has 0 unspecified atom stereocenters. The fourth-order valence-electron chi connectivity index (χ4n) is 1.20. The molecule has 0 fully saturated rings. The highest BCUT2D eigenvalue weighted by molar-refractivity contribution is 7.80. The monoisotopic (exact) mass is 216 g/mol. The summed E-state index contributed by atoms with van der Waals surface area (Å²) in [6.07, 6.45) is 2.56. The lowest BCUT2D eigenvalue weighted by atomic mass is 10.2. The Kier molecular flexibility index (Phi) is 6.45. The number of rotatable bonds is 6. The maximum Gasteiger partial charge on any atom is 0.223 e. The van der Waals surface area contributed by atoms with Crippen LogP contribution in [0, 0.1) is 0 Å². The summed E-state index contributed by atoms with van der Waals surface area (Å²) in [6, 6.07) is 0.167. The molecule has 82 valence electrons. The molecule has 0 aliphatic heterocycles. The van der Waals surface area contributed by atoms with E-state index in [-0.39, 0.29) is 11.9 Å². The van der Waals surface area contributed by atoms with E-state index in [4.69, 9.17) is 18.0 Å². The summed E-state index contributed by atoms with van der Waals surface area (Å²) >= 11 is 4.81. The molecule has 0 aromatic rings. The van der Waals surface area contributed by atoms with Crippen molar-refractivity contribution >= 4 is 23.1 Å². The van der Waals surface area contributed by atoms with E-state index in [1.807, 2.05) is 13.8 Å². The standard InChI is InChI=1S/C10H20N2OS/c1-4-5-6-10(13)12(8(2)3)7-9(11)14/h8H,4-7H2,1-3H3,(H2,11,14). The van der Waals surface area contributed by atoms with Crippen LogP contribution in [-0.4, -0.2) is 28.4 Å². The van der Waals surface area contributed by atoms with Crippen LogP contribution in [-0.2, 0) is 4.79 Å². The van der Waals surface area contributed by atoms with E-state index >= 15 is 0 Å². The lowest BCUT2D eigenvalue weighted by molar-refractivity contribution is -0.132. The number of nitrogens with zero attached hydrogens (tertiary/aromatic N) is 1. The van der Waals surface area contributed by atoms with Crippen molar-refractivity contribution in [2.45, 2.75) is 46.1 Å². The van der Waals surface area contributed by atoms with E-state index in [9.17, 15) is 4.79 Å². The quantitative estimate of drug-likeness (QED) is 0.687. The Bertz CT molecular complexity index is 204. The SMILES string of the molecule is CCCCC(=O)N(CC(N)=S)C(C)C. The third-order valence-electron chi connectivity index (χ3n) is 2.01. The molecule has 0 saturated carbocycles. The average molecular weight is 216 g/mol. The van der Waals surface area contributed by atoms with Crippen LogP contribution in [0.3, 0.4) is 0 Å². The van der Waals surface area contributed by atoms with Crippen molar-refractivity contribution in [1.29, 1.82) is 0 Å². The number of hydrogen-bond acceptors (Lipinski definition) is 2. The van der Waals surface area contributed by atoms with Crippen LogP contribution in [0.5, 0.6) is 0 Å². The summed E-state index contributed by atoms with van der Waals surface area (Å²) in [4.78, 5) is 13.8. The van der Waals surface area contributed by atoms with Crippen molar-refractivity contribution in [3.63, 3.8) is 0 Å². The predicted molar refractivity (Wildman–Crippen MR) is 63.2 cm³/mol. The van der Waals surface area contributed by atoms with Gasteiger partial charge in [0.2, 0.25) is 5.91 Å². The zero-order valence-corrected chi connectivity index (χ0v) is 10.1. The molecule has 0 aromatic carbocycles. The molecule has 3 nitrogen and oxygen atoms in total. The molecular weight excluding hydrogens is 196 g/mol. The number of amides is 1. The van der Waals surface area contributed by atoms with E-state index in [0.29, 0.717) is 18.0 Å². The Labute approximate surface area is 91.6 Å². The third-order valence-corrected chi connectivity index (χ3v) is 2.14. The van der Waals surface area contributed by atoms with Gasteiger partial charge in [-0.15, -0.1) is 0 Å². The number of nitrogens with two attached hydrogens (primary N) is 1. The largest absolute Gasteiger partial charge is 0.392 e. The van der Waals surface area contributed by atoms with Gasteiger partial charge in [0.05, 0.1) is 11.5 Å². The highest BCUT2D eigenvalue weighted by atomic mass is 32.1. The second-order valence-corrected chi connectivity index (χ2v) is 4.21. The van der Waals surface area contributed by atoms with Gasteiger partial charge in [0, 0.05) is 12.5 Å². The van der Waals surface area contributed by atoms with E-state index in [1.54, 1.807) is 4.90 Å². The molecule has 0 heterocycles. The molecule has 0 radical (unpaired) electrons. The van der Waals surface area contributed by atoms with Crippen molar-refractivity contribution in [2.24, 2.45) is 5.73 Å². The van der Waals surface area contributed by atoms with E-state index in [1.165, 1.54) is 0 Å². The van der Waals surface area contributed by atoms with Crippen molar-refractivity contribution in [1.82, 2.24) is 4.90 Å². The van der Waals surface area contributed by atoms with Gasteiger partial charge in [-0.2, -0.15) is 0 Å². The Hall–Kier alpha value is -0.640. The number of carbonyl (C=O) groups excluding carboxylic acids is 1. The highest BCUT2D eigenvalue weighted by Crippen LogP contribution is 2.04. The molecule has 14 heavy (non-hydrogen) atoms. The summed E-state index contributed by atoms with van der Waals surface area (Å²) in [5.41, 5.74) is 5.44. The first kappa shape index (κ1) is 13.4. The maximum absolute atomic E-state index is 11.7. The van der Waals surface area contributed by atoms with Gasteiger partial charge < -0.3 is 10.6 Å². The lowest BCUT2D eigenvalue weighted by Crippen LogP contribution is -2.42. The Morgan fingerprint density at radius 1 is 1.50 bits per heavy atom. The third kappa shape index (κ3) is 5.17. The summed E-state index contributed by atoms with van der Waals surface area (Å²) < 4.78 is 0. The van der Waals surface area contributed by atoms with E-state index in [2.05, 4.69) is 6.92 Å². The predicted octanol–water partition coefficient (Wildman–Crippen LogP) is 1.70. The van der Waals surface area contributed by atoms with Crippen molar-refractivity contribution in [2.75, 3.05) is 6.54 Å². The highest BCUT2D eigenvalue weighted by Gasteiger charge is 2.16. The van der Waals surface area contributed by atoms with Crippen LogP contribution in [0.15, 0.2) is 0 Å². The fraction of sp³-hybridized carbons (Fsp3) is 0.800. The van der Waals surface area contributed by atoms with Crippen molar-refractivity contribution in [3.05, 3.63) is 0 Å². The first-order valence-electron chi connectivity index (χ1n) is 5.06. The summed E-state index contributed by atoms with van der Waals surface area (Å²) in [5.74, 6) is 0.148. The Morgan fingerprint density at radius 2 is 2.07 bits per heavy atom. The van der Waals surface area contributed by atoms with E-state index < -0.39 is 0 Å². The minimum Gasteiger partial charge on any atom is -0.392 e. The average Bonchev–Trinajstić information content (AvgIpc) is 2.09. The maximum atomic E-state index is 11.7. The minimum atomic E-state index is 0.148. The topological polar surface area (TPSA) is 46.3 Å². The molecule has 4 heteroatoms. The molecule has 2 N–H and O–H groups in total. The molecule has 0 saturated heterocycles. The summed E-state index contributed by atoms with van der Waals surface area (Å²) in [5, 5.41) is 0. The molecule has 0 bridgehead atoms. The number of carbonyl (C=O) groups is 1. The molecule has 0 rings (SSSR count). The van der Waals surface area contributed by atoms with Crippen molar-refractivity contribution < 1.29 is 4.79 Å². The van der Waals surface area contributed by atoms with Gasteiger partial charge in [-0.1, -0.05) is 25.6 Å². The van der Waals surface area contributed by atoms with Gasteiger partial charge >= 0.3 is 0 Å². The zero-order valence-electron chi connectivity index (χ0n) is 9.25. The number of thiocarbonyl (C=S) groups is 1. The summed E-state index contributed by atoms with van der Waals surface area (Å²) in [6.45, 7) is 6.42. The molecule has 0 aromatic heterocycles. The molecule has 0 atom stereocenters.